The van der Waals surface area contributed by atoms with Gasteiger partial charge in [0.1, 0.15) is 5.02 Å². The van der Waals surface area contributed by atoms with Gasteiger partial charge in [0.05, 0.1) is 9.95 Å². The molecule has 2 aromatic rings. The lowest BCUT2D eigenvalue weighted by Crippen LogP contribution is -1.95. The fourth-order valence-corrected chi connectivity index (χ4v) is 2.29. The van der Waals surface area contributed by atoms with E-state index in [4.69, 9.17) is 34.8 Å². The Morgan fingerprint density at radius 1 is 1.05 bits per heavy atom. The van der Waals surface area contributed by atoms with Crippen molar-refractivity contribution < 1.29 is 9.72 Å². The van der Waals surface area contributed by atoms with E-state index < -0.39 is 4.92 Å². The third-order valence-electron chi connectivity index (χ3n) is 2.79. The van der Waals surface area contributed by atoms with Gasteiger partial charge in [0, 0.05) is 16.7 Å². The summed E-state index contributed by atoms with van der Waals surface area (Å²) in [5.41, 5.74) is 0.508. The molecule has 22 heavy (non-hydrogen) atoms. The van der Waals surface area contributed by atoms with Crippen molar-refractivity contribution in [3.05, 3.63) is 78.8 Å². The minimum atomic E-state index is -0.588. The average molecular weight is 357 g/mol. The highest BCUT2D eigenvalue weighted by Crippen LogP contribution is 2.26. The molecule has 0 aliphatic rings. The number of ketones is 1. The Balaban J connectivity index is 2.28. The Hall–Kier alpha value is -1.88. The van der Waals surface area contributed by atoms with Gasteiger partial charge in [-0.15, -0.1) is 0 Å². The second kappa shape index (κ2) is 6.92. The van der Waals surface area contributed by atoms with Gasteiger partial charge in [0.2, 0.25) is 0 Å². The molecule has 0 bridgehead atoms. The largest absolute Gasteiger partial charge is 0.289 e. The van der Waals surface area contributed by atoms with E-state index >= 15 is 0 Å². The number of hydrogen-bond acceptors (Lipinski definition) is 3. The Bertz CT molecular complexity index is 788. The molecule has 0 saturated heterocycles. The monoisotopic (exact) mass is 355 g/mol. The van der Waals surface area contributed by atoms with E-state index in [0.29, 0.717) is 10.6 Å². The number of rotatable bonds is 4. The number of carbonyl (C=O) groups is 1. The topological polar surface area (TPSA) is 60.2 Å². The molecule has 0 amide bonds. The van der Waals surface area contributed by atoms with Gasteiger partial charge in [-0.3, -0.25) is 14.9 Å². The average Bonchev–Trinajstić information content (AvgIpc) is 2.48. The number of benzene rings is 2. The Labute approximate surface area is 141 Å². The van der Waals surface area contributed by atoms with Crippen LogP contribution < -0.4 is 0 Å². The summed E-state index contributed by atoms with van der Waals surface area (Å²) < 4.78 is 0. The molecular formula is C15H8Cl3NO3. The van der Waals surface area contributed by atoms with E-state index in [1.54, 1.807) is 12.1 Å². The minimum Gasteiger partial charge on any atom is -0.289 e. The fraction of sp³-hybridized carbons (Fsp3) is 0. The van der Waals surface area contributed by atoms with Crippen LogP contribution in [-0.2, 0) is 0 Å². The zero-order valence-electron chi connectivity index (χ0n) is 10.9. The summed E-state index contributed by atoms with van der Waals surface area (Å²) in [6.07, 6.45) is 2.72. The first kappa shape index (κ1) is 16.5. The molecule has 0 fully saturated rings. The molecule has 0 aromatic heterocycles. The Morgan fingerprint density at radius 2 is 1.73 bits per heavy atom. The molecule has 0 aliphatic carbocycles. The van der Waals surface area contributed by atoms with Crippen LogP contribution in [-0.4, -0.2) is 10.7 Å². The highest BCUT2D eigenvalue weighted by molar-refractivity contribution is 6.36. The number of hydrogen-bond donors (Lipinski definition) is 0. The molecule has 0 aliphatic heterocycles. The number of nitro benzene ring substituents is 1. The highest BCUT2D eigenvalue weighted by atomic mass is 35.5. The predicted octanol–water partition coefficient (Wildman–Crippen LogP) is 5.45. The molecule has 112 valence electrons. The zero-order valence-corrected chi connectivity index (χ0v) is 13.2. The van der Waals surface area contributed by atoms with E-state index in [2.05, 4.69) is 0 Å². The van der Waals surface area contributed by atoms with Crippen LogP contribution in [0.15, 0.2) is 42.5 Å². The quantitative estimate of drug-likeness (QED) is 0.317. The number of nitrogens with zero attached hydrogens (tertiary/aromatic N) is 1. The molecule has 4 nitrogen and oxygen atoms in total. The van der Waals surface area contributed by atoms with Crippen molar-refractivity contribution in [2.75, 3.05) is 0 Å². The van der Waals surface area contributed by atoms with Crippen LogP contribution in [0.2, 0.25) is 15.1 Å². The van der Waals surface area contributed by atoms with Gasteiger partial charge in [-0.1, -0.05) is 46.9 Å². The van der Waals surface area contributed by atoms with Gasteiger partial charge in [0.25, 0.3) is 5.69 Å². The molecule has 0 unspecified atom stereocenters. The Kier molecular flexibility index (Phi) is 5.19. The van der Waals surface area contributed by atoms with Crippen molar-refractivity contribution in [3.63, 3.8) is 0 Å². The van der Waals surface area contributed by atoms with E-state index in [1.807, 2.05) is 0 Å². The smallest absolute Gasteiger partial charge is 0.288 e. The second-order valence-corrected chi connectivity index (χ2v) is 5.54. The van der Waals surface area contributed by atoms with Crippen LogP contribution >= 0.6 is 34.8 Å². The van der Waals surface area contributed by atoms with Crippen molar-refractivity contribution in [2.24, 2.45) is 0 Å². The van der Waals surface area contributed by atoms with Crippen molar-refractivity contribution in [3.8, 4) is 0 Å². The van der Waals surface area contributed by atoms with Crippen LogP contribution in [0.25, 0.3) is 6.08 Å². The van der Waals surface area contributed by atoms with Gasteiger partial charge in [-0.25, -0.2) is 0 Å². The zero-order chi connectivity index (χ0) is 16.3. The second-order valence-electron chi connectivity index (χ2n) is 4.29. The molecule has 2 rings (SSSR count). The minimum absolute atomic E-state index is 0.0337. The number of nitro groups is 1. The van der Waals surface area contributed by atoms with Crippen LogP contribution in [0.5, 0.6) is 0 Å². The first-order chi connectivity index (χ1) is 10.4. The van der Waals surface area contributed by atoms with Gasteiger partial charge in [0.15, 0.2) is 5.78 Å². The van der Waals surface area contributed by atoms with Gasteiger partial charge >= 0.3 is 0 Å². The van der Waals surface area contributed by atoms with E-state index in [1.165, 1.54) is 36.4 Å². The lowest BCUT2D eigenvalue weighted by molar-refractivity contribution is -0.384. The van der Waals surface area contributed by atoms with E-state index in [-0.39, 0.29) is 27.1 Å². The fourth-order valence-electron chi connectivity index (χ4n) is 1.72. The van der Waals surface area contributed by atoms with Crippen LogP contribution in [0, 0.1) is 10.1 Å². The molecule has 0 radical (unpaired) electrons. The normalized spacial score (nSPS) is 10.9. The third kappa shape index (κ3) is 3.85. The molecule has 0 spiro atoms. The van der Waals surface area contributed by atoms with E-state index in [9.17, 15) is 14.9 Å². The molecule has 0 heterocycles. The summed E-state index contributed by atoms with van der Waals surface area (Å²) in [6.45, 7) is 0. The number of allylic oxidation sites excluding steroid dienone is 1. The molecule has 7 heteroatoms. The molecule has 2 aromatic carbocycles. The van der Waals surface area contributed by atoms with E-state index in [0.717, 1.165) is 0 Å². The SMILES string of the molecule is O=C(C=Cc1ccc(Cl)c([N+](=O)[O-])c1)c1cc(Cl)ccc1Cl. The van der Waals surface area contributed by atoms with Gasteiger partial charge in [-0.2, -0.15) is 0 Å². The maximum atomic E-state index is 12.1. The van der Waals surface area contributed by atoms with Gasteiger partial charge in [-0.05, 0) is 35.9 Å². The summed E-state index contributed by atoms with van der Waals surface area (Å²) >= 11 is 17.5. The molecular weight excluding hydrogens is 349 g/mol. The predicted molar refractivity (Wildman–Crippen MR) is 87.9 cm³/mol. The summed E-state index contributed by atoms with van der Waals surface area (Å²) in [5.74, 6) is -0.356. The summed E-state index contributed by atoms with van der Waals surface area (Å²) in [7, 11) is 0. The highest BCUT2D eigenvalue weighted by Gasteiger charge is 2.12. The van der Waals surface area contributed by atoms with Crippen molar-refractivity contribution in [1.82, 2.24) is 0 Å². The third-order valence-corrected chi connectivity index (χ3v) is 3.67. The van der Waals surface area contributed by atoms with Crippen molar-refractivity contribution >= 4 is 52.3 Å². The maximum Gasteiger partial charge on any atom is 0.288 e. The molecule has 0 N–H and O–H groups in total. The first-order valence-electron chi connectivity index (χ1n) is 6.00. The van der Waals surface area contributed by atoms with Crippen LogP contribution in [0.1, 0.15) is 15.9 Å². The van der Waals surface area contributed by atoms with Crippen LogP contribution in [0.4, 0.5) is 5.69 Å². The number of halogens is 3. The molecule has 0 saturated carbocycles. The van der Waals surface area contributed by atoms with Crippen molar-refractivity contribution in [1.29, 1.82) is 0 Å². The standard InChI is InChI=1S/C15H8Cl3NO3/c16-10-3-5-12(17)11(8-10)15(20)6-2-9-1-4-13(18)14(7-9)19(21)22/h1-8H. The van der Waals surface area contributed by atoms with Crippen molar-refractivity contribution in [2.45, 2.75) is 0 Å². The summed E-state index contributed by atoms with van der Waals surface area (Å²) in [4.78, 5) is 22.3. The summed E-state index contributed by atoms with van der Waals surface area (Å²) in [5, 5.41) is 11.5. The number of carbonyl (C=O) groups excluding carboxylic acids is 1. The summed E-state index contributed by atoms with van der Waals surface area (Å²) in [6, 6.07) is 8.81. The first-order valence-corrected chi connectivity index (χ1v) is 7.13. The lowest BCUT2D eigenvalue weighted by Gasteiger charge is -2.01. The molecule has 0 atom stereocenters. The lowest BCUT2D eigenvalue weighted by atomic mass is 10.1. The maximum absolute atomic E-state index is 12.1. The van der Waals surface area contributed by atoms with Crippen LogP contribution in [0.3, 0.4) is 0 Å². The Morgan fingerprint density at radius 3 is 2.41 bits per heavy atom. The van der Waals surface area contributed by atoms with Gasteiger partial charge < -0.3 is 0 Å².